The van der Waals surface area contributed by atoms with Gasteiger partial charge in [-0.3, -0.25) is 4.99 Å². The number of aliphatic imine (C=N–C) groups is 1. The first-order valence-corrected chi connectivity index (χ1v) is 8.08. The third-order valence-corrected chi connectivity index (χ3v) is 5.39. The van der Waals surface area contributed by atoms with Gasteiger partial charge in [0.15, 0.2) is 5.17 Å². The van der Waals surface area contributed by atoms with Crippen LogP contribution in [0, 0.1) is 19.8 Å². The Morgan fingerprint density at radius 3 is 2.74 bits per heavy atom. The minimum absolute atomic E-state index is 0.655. The van der Waals surface area contributed by atoms with Crippen molar-refractivity contribution in [1.29, 1.82) is 0 Å². The van der Waals surface area contributed by atoms with Crippen molar-refractivity contribution in [2.45, 2.75) is 45.8 Å². The van der Waals surface area contributed by atoms with E-state index in [0.29, 0.717) is 5.25 Å². The zero-order valence-electron chi connectivity index (χ0n) is 12.4. The minimum atomic E-state index is 0.655. The van der Waals surface area contributed by atoms with Gasteiger partial charge in [-0.05, 0) is 37.0 Å². The van der Waals surface area contributed by atoms with E-state index in [0.717, 1.165) is 17.6 Å². The van der Waals surface area contributed by atoms with Gasteiger partial charge < -0.3 is 5.32 Å². The lowest BCUT2D eigenvalue weighted by Gasteiger charge is -2.19. The number of thioether (sulfide) groups is 1. The second kappa shape index (κ2) is 6.47. The first-order chi connectivity index (χ1) is 9.15. The second-order valence-corrected chi connectivity index (χ2v) is 6.48. The molecule has 0 saturated heterocycles. The molecule has 1 aliphatic heterocycles. The molecule has 2 rings (SSSR count). The molecule has 19 heavy (non-hydrogen) atoms. The van der Waals surface area contributed by atoms with Crippen LogP contribution in [0.25, 0.3) is 0 Å². The summed E-state index contributed by atoms with van der Waals surface area (Å²) in [5, 5.41) is 5.24. The van der Waals surface area contributed by atoms with E-state index in [1.807, 2.05) is 11.8 Å². The summed E-state index contributed by atoms with van der Waals surface area (Å²) in [4.78, 5) is 4.67. The van der Waals surface area contributed by atoms with Crippen molar-refractivity contribution < 1.29 is 0 Å². The summed E-state index contributed by atoms with van der Waals surface area (Å²) in [6.45, 7) is 9.84. The van der Waals surface area contributed by atoms with Crippen molar-refractivity contribution in [2.24, 2.45) is 10.9 Å². The molecular formula is C16H24N2S. The Balaban J connectivity index is 2.00. The zero-order valence-corrected chi connectivity index (χ0v) is 13.2. The molecule has 2 nitrogen and oxygen atoms in total. The summed E-state index contributed by atoms with van der Waals surface area (Å²) in [6.07, 6.45) is 2.50. The second-order valence-electron chi connectivity index (χ2n) is 5.25. The third-order valence-electron chi connectivity index (χ3n) is 4.10. The van der Waals surface area contributed by atoms with Crippen LogP contribution in [0.2, 0.25) is 0 Å². The quantitative estimate of drug-likeness (QED) is 0.867. The molecule has 1 N–H and O–H groups in total. The van der Waals surface area contributed by atoms with E-state index >= 15 is 0 Å². The Labute approximate surface area is 121 Å². The van der Waals surface area contributed by atoms with E-state index in [2.05, 4.69) is 56.2 Å². The van der Waals surface area contributed by atoms with Crippen molar-refractivity contribution in [3.63, 3.8) is 0 Å². The summed E-state index contributed by atoms with van der Waals surface area (Å²) in [5.74, 6) is 0.784. The third kappa shape index (κ3) is 3.33. The molecule has 1 aromatic carbocycles. The molecule has 3 heteroatoms. The number of anilines is 1. The van der Waals surface area contributed by atoms with Crippen LogP contribution in [0.4, 0.5) is 5.69 Å². The fourth-order valence-corrected chi connectivity index (χ4v) is 3.85. The van der Waals surface area contributed by atoms with Gasteiger partial charge in [0.05, 0.1) is 6.54 Å². The Morgan fingerprint density at radius 2 is 2.05 bits per heavy atom. The van der Waals surface area contributed by atoms with Crippen LogP contribution in [0.15, 0.2) is 23.2 Å². The topological polar surface area (TPSA) is 24.4 Å². The van der Waals surface area contributed by atoms with Crippen molar-refractivity contribution >= 4 is 22.6 Å². The van der Waals surface area contributed by atoms with E-state index in [1.165, 1.54) is 29.7 Å². The summed E-state index contributed by atoms with van der Waals surface area (Å²) >= 11 is 1.92. The highest BCUT2D eigenvalue weighted by Gasteiger charge is 2.26. The van der Waals surface area contributed by atoms with Crippen LogP contribution in [0.1, 0.15) is 37.8 Å². The summed E-state index contributed by atoms with van der Waals surface area (Å²) < 4.78 is 0. The molecule has 1 atom stereocenters. The normalized spacial score (nSPS) is 18.8. The van der Waals surface area contributed by atoms with E-state index in [4.69, 9.17) is 0 Å². The van der Waals surface area contributed by atoms with Crippen LogP contribution in [-0.2, 0) is 0 Å². The number of hydrogen-bond acceptors (Lipinski definition) is 3. The van der Waals surface area contributed by atoms with E-state index < -0.39 is 0 Å². The lowest BCUT2D eigenvalue weighted by atomic mass is 9.99. The Kier molecular flexibility index (Phi) is 4.92. The van der Waals surface area contributed by atoms with Crippen LogP contribution in [0.5, 0.6) is 0 Å². The maximum absolute atomic E-state index is 4.67. The van der Waals surface area contributed by atoms with E-state index in [9.17, 15) is 0 Å². The zero-order chi connectivity index (χ0) is 13.8. The predicted octanol–water partition coefficient (Wildman–Crippen LogP) is 4.62. The van der Waals surface area contributed by atoms with Crippen LogP contribution >= 0.6 is 11.8 Å². The smallest absolute Gasteiger partial charge is 0.161 e. The van der Waals surface area contributed by atoms with Gasteiger partial charge in [0, 0.05) is 10.9 Å². The van der Waals surface area contributed by atoms with Gasteiger partial charge in [-0.2, -0.15) is 0 Å². The maximum atomic E-state index is 4.67. The maximum Gasteiger partial charge on any atom is 0.161 e. The average Bonchev–Trinajstić information content (AvgIpc) is 2.85. The van der Waals surface area contributed by atoms with Gasteiger partial charge in [0.2, 0.25) is 0 Å². The van der Waals surface area contributed by atoms with Crippen LogP contribution in [0.3, 0.4) is 0 Å². The fourth-order valence-electron chi connectivity index (χ4n) is 2.52. The number of amidine groups is 1. The van der Waals surface area contributed by atoms with Crippen LogP contribution < -0.4 is 5.32 Å². The molecular weight excluding hydrogens is 252 g/mol. The van der Waals surface area contributed by atoms with Gasteiger partial charge in [-0.1, -0.05) is 50.6 Å². The largest absolute Gasteiger partial charge is 0.335 e. The van der Waals surface area contributed by atoms with Crippen molar-refractivity contribution in [2.75, 3.05) is 11.9 Å². The molecule has 0 amide bonds. The van der Waals surface area contributed by atoms with E-state index in [1.54, 1.807) is 0 Å². The number of hydrogen-bond donors (Lipinski definition) is 1. The summed E-state index contributed by atoms with van der Waals surface area (Å²) in [7, 11) is 0. The molecule has 0 saturated carbocycles. The van der Waals surface area contributed by atoms with Crippen LogP contribution in [-0.4, -0.2) is 17.0 Å². The first-order valence-electron chi connectivity index (χ1n) is 7.20. The van der Waals surface area contributed by atoms with Crippen molar-refractivity contribution in [3.05, 3.63) is 29.3 Å². The number of nitrogens with zero attached hydrogens (tertiary/aromatic N) is 1. The van der Waals surface area contributed by atoms with Gasteiger partial charge in [0.25, 0.3) is 0 Å². The molecule has 0 aliphatic carbocycles. The molecule has 1 aromatic rings. The molecule has 0 spiro atoms. The van der Waals surface area contributed by atoms with Crippen molar-refractivity contribution in [1.82, 2.24) is 0 Å². The summed E-state index contributed by atoms with van der Waals surface area (Å²) in [6, 6.07) is 6.39. The first kappa shape index (κ1) is 14.4. The standard InChI is InChI=1S/C16H24N2S/c1-5-13(6-2)15-10-17-16(19-15)18-14-9-7-8-11(3)12(14)4/h7-9,13,15H,5-6,10H2,1-4H3,(H,17,18). The van der Waals surface area contributed by atoms with E-state index in [-0.39, 0.29) is 0 Å². The molecule has 1 heterocycles. The average molecular weight is 276 g/mol. The highest BCUT2D eigenvalue weighted by molar-refractivity contribution is 8.15. The number of rotatable bonds is 4. The SMILES string of the molecule is CCC(CC)C1CN=C(Nc2cccc(C)c2C)S1. The number of aryl methyl sites for hydroxylation is 1. The molecule has 104 valence electrons. The molecule has 0 bridgehead atoms. The highest BCUT2D eigenvalue weighted by atomic mass is 32.2. The van der Waals surface area contributed by atoms with Gasteiger partial charge in [-0.25, -0.2) is 0 Å². The molecule has 0 fully saturated rings. The molecule has 1 aliphatic rings. The monoisotopic (exact) mass is 276 g/mol. The summed E-state index contributed by atoms with van der Waals surface area (Å²) in [5.41, 5.74) is 3.83. The molecule has 1 unspecified atom stereocenters. The predicted molar refractivity (Wildman–Crippen MR) is 87.3 cm³/mol. The minimum Gasteiger partial charge on any atom is -0.335 e. The Bertz CT molecular complexity index is 464. The fraction of sp³-hybridized carbons (Fsp3) is 0.562. The molecule has 0 aromatic heterocycles. The lowest BCUT2D eigenvalue weighted by Crippen LogP contribution is -2.17. The van der Waals surface area contributed by atoms with Gasteiger partial charge >= 0.3 is 0 Å². The van der Waals surface area contributed by atoms with Gasteiger partial charge in [0.1, 0.15) is 0 Å². The number of nitrogens with one attached hydrogen (secondary N) is 1. The highest BCUT2D eigenvalue weighted by Crippen LogP contribution is 2.32. The van der Waals surface area contributed by atoms with Gasteiger partial charge in [-0.15, -0.1) is 0 Å². The Hall–Kier alpha value is -0.960. The number of benzene rings is 1. The Morgan fingerprint density at radius 1 is 1.32 bits per heavy atom. The molecule has 0 radical (unpaired) electrons. The lowest BCUT2D eigenvalue weighted by molar-refractivity contribution is 0.479. The van der Waals surface area contributed by atoms with Crippen molar-refractivity contribution in [3.8, 4) is 0 Å².